The van der Waals surface area contributed by atoms with Gasteiger partial charge in [-0.3, -0.25) is 9.78 Å². The van der Waals surface area contributed by atoms with E-state index in [0.29, 0.717) is 30.1 Å². The molecule has 1 aliphatic carbocycles. The molecule has 1 aliphatic heterocycles. The van der Waals surface area contributed by atoms with Crippen LogP contribution in [0.25, 0.3) is 0 Å². The molecule has 2 heterocycles. The van der Waals surface area contributed by atoms with Crippen molar-refractivity contribution in [3.63, 3.8) is 0 Å². The smallest absolute Gasteiger partial charge is 0.417 e. The molecular formula is C19H14ClF3N4O3S. The molecule has 162 valence electrons. The number of hydrogen-bond donors (Lipinski definition) is 3. The third-order valence-electron chi connectivity index (χ3n) is 4.82. The van der Waals surface area contributed by atoms with Crippen LogP contribution in [-0.2, 0) is 23.8 Å². The summed E-state index contributed by atoms with van der Waals surface area (Å²) in [5, 5.41) is 12.5. The second kappa shape index (κ2) is 8.06. The number of hydrazine groups is 1. The van der Waals surface area contributed by atoms with Crippen molar-refractivity contribution in [1.29, 1.82) is 0 Å². The Morgan fingerprint density at radius 1 is 1.23 bits per heavy atom. The number of nitrogens with one attached hydrogen (secondary N) is 2. The summed E-state index contributed by atoms with van der Waals surface area (Å²) in [4.78, 5) is 27.6. The zero-order valence-electron chi connectivity index (χ0n) is 15.5. The lowest BCUT2D eigenvalue weighted by atomic mass is 10.1. The monoisotopic (exact) mass is 470 g/mol. The van der Waals surface area contributed by atoms with Gasteiger partial charge < -0.3 is 15.8 Å². The lowest BCUT2D eigenvalue weighted by Crippen LogP contribution is -2.38. The minimum atomic E-state index is -4.66. The number of hydrogen-bond acceptors (Lipinski definition) is 6. The number of carbonyl (C=O) groups is 2. The summed E-state index contributed by atoms with van der Waals surface area (Å²) in [6.45, 7) is 0. The normalized spacial score (nSPS) is 18.6. The topological polar surface area (TPSA) is 94.6 Å². The lowest BCUT2D eigenvalue weighted by molar-refractivity contribution is -0.138. The zero-order valence-corrected chi connectivity index (χ0v) is 17.1. The van der Waals surface area contributed by atoms with E-state index in [1.165, 1.54) is 0 Å². The molecule has 1 aromatic carbocycles. The number of carbonyl (C=O) groups excluding carboxylic acids is 1. The lowest BCUT2D eigenvalue weighted by Gasteiger charge is -2.22. The van der Waals surface area contributed by atoms with E-state index in [1.807, 2.05) is 12.1 Å². The Balaban J connectivity index is 1.49. The molecule has 7 nitrogen and oxygen atoms in total. The van der Waals surface area contributed by atoms with Gasteiger partial charge in [0, 0.05) is 23.5 Å². The SMILES string of the molecule is O=C(O)C1=C(NC(=O)c2cncc(C(F)(F)F)c2)SN([C@H]2Cc3ccc(Cl)cc3C2)N1. The number of aromatic nitrogens is 1. The molecule has 2 aromatic rings. The van der Waals surface area contributed by atoms with E-state index in [2.05, 4.69) is 15.7 Å². The first-order valence-electron chi connectivity index (χ1n) is 8.94. The molecule has 0 spiro atoms. The zero-order chi connectivity index (χ0) is 22.3. The number of nitrogens with zero attached hydrogens (tertiary/aromatic N) is 2. The largest absolute Gasteiger partial charge is 0.476 e. The minimum absolute atomic E-state index is 0.0242. The number of rotatable bonds is 4. The van der Waals surface area contributed by atoms with E-state index in [9.17, 15) is 27.9 Å². The van der Waals surface area contributed by atoms with Crippen LogP contribution in [0.5, 0.6) is 0 Å². The van der Waals surface area contributed by atoms with Gasteiger partial charge in [-0.2, -0.15) is 17.6 Å². The number of amides is 1. The highest BCUT2D eigenvalue weighted by molar-refractivity contribution is 8.01. The number of halogens is 4. The number of alkyl halides is 3. The molecule has 0 fully saturated rings. The van der Waals surface area contributed by atoms with Crippen LogP contribution in [-0.4, -0.2) is 32.4 Å². The van der Waals surface area contributed by atoms with Crippen molar-refractivity contribution >= 4 is 35.4 Å². The molecule has 0 radical (unpaired) electrons. The van der Waals surface area contributed by atoms with Gasteiger partial charge in [0.1, 0.15) is 5.03 Å². The standard InChI is InChI=1S/C19H14ClF3N4O3S/c20-13-2-1-9-5-14(6-10(9)4-13)27-26-15(18(29)30)17(31-27)25-16(28)11-3-12(8-24-7-11)19(21,22)23/h1-4,7-8,14,26H,5-6H2,(H,25,28)(H,29,30)/t14-/m0/s1. The first-order chi connectivity index (χ1) is 14.6. The molecule has 3 N–H and O–H groups in total. The Kier molecular flexibility index (Phi) is 5.58. The van der Waals surface area contributed by atoms with E-state index in [0.717, 1.165) is 29.3 Å². The predicted molar refractivity (Wildman–Crippen MR) is 107 cm³/mol. The van der Waals surface area contributed by atoms with Crippen LogP contribution in [0, 0.1) is 0 Å². The van der Waals surface area contributed by atoms with Gasteiger partial charge in [0.2, 0.25) is 0 Å². The van der Waals surface area contributed by atoms with Gasteiger partial charge in [-0.25, -0.2) is 4.79 Å². The molecule has 2 aliphatic rings. The van der Waals surface area contributed by atoms with Crippen molar-refractivity contribution in [2.75, 3.05) is 0 Å². The van der Waals surface area contributed by atoms with E-state index in [4.69, 9.17) is 11.6 Å². The number of carboxylic acids is 1. The minimum Gasteiger partial charge on any atom is -0.476 e. The van der Waals surface area contributed by atoms with Crippen LogP contribution in [0.4, 0.5) is 13.2 Å². The number of fused-ring (bicyclic) bond motifs is 1. The van der Waals surface area contributed by atoms with E-state index < -0.39 is 23.6 Å². The van der Waals surface area contributed by atoms with Gasteiger partial charge in [0.05, 0.1) is 11.1 Å². The molecule has 4 rings (SSSR count). The van der Waals surface area contributed by atoms with Crippen molar-refractivity contribution in [3.8, 4) is 0 Å². The van der Waals surface area contributed by atoms with Crippen molar-refractivity contribution in [3.05, 3.63) is 74.7 Å². The Bertz CT molecular complexity index is 1110. The highest BCUT2D eigenvalue weighted by atomic mass is 35.5. The second-order valence-electron chi connectivity index (χ2n) is 6.93. The van der Waals surface area contributed by atoms with Crippen molar-refractivity contribution < 1.29 is 27.9 Å². The fourth-order valence-corrected chi connectivity index (χ4v) is 4.54. The molecule has 0 unspecified atom stereocenters. The van der Waals surface area contributed by atoms with Gasteiger partial charge in [-0.05, 0) is 54.1 Å². The maximum Gasteiger partial charge on any atom is 0.417 e. The van der Waals surface area contributed by atoms with Crippen LogP contribution >= 0.6 is 23.5 Å². The molecule has 1 aromatic heterocycles. The summed E-state index contributed by atoms with van der Waals surface area (Å²) in [6.07, 6.45) is -1.82. The van der Waals surface area contributed by atoms with Gasteiger partial charge in [-0.1, -0.05) is 17.7 Å². The van der Waals surface area contributed by atoms with Gasteiger partial charge in [0.25, 0.3) is 5.91 Å². The predicted octanol–water partition coefficient (Wildman–Crippen LogP) is 3.37. The summed E-state index contributed by atoms with van der Waals surface area (Å²) in [6, 6.07) is 6.09. The average molecular weight is 471 g/mol. The maximum absolute atomic E-state index is 12.9. The molecule has 12 heteroatoms. The first-order valence-corrected chi connectivity index (χ1v) is 10.1. The van der Waals surface area contributed by atoms with Crippen molar-refractivity contribution in [1.82, 2.24) is 20.1 Å². The molecule has 1 atom stereocenters. The fraction of sp³-hybridized carbons (Fsp3) is 0.211. The first kappa shape index (κ1) is 21.5. The quantitative estimate of drug-likeness (QED) is 0.590. The molecule has 0 saturated carbocycles. The summed E-state index contributed by atoms with van der Waals surface area (Å²) < 4.78 is 40.2. The summed E-state index contributed by atoms with van der Waals surface area (Å²) in [7, 11) is 0. The van der Waals surface area contributed by atoms with Gasteiger partial charge in [0.15, 0.2) is 5.70 Å². The van der Waals surface area contributed by atoms with Crippen LogP contribution in [0.1, 0.15) is 27.0 Å². The van der Waals surface area contributed by atoms with Gasteiger partial charge in [-0.15, -0.1) is 0 Å². The van der Waals surface area contributed by atoms with Gasteiger partial charge >= 0.3 is 12.1 Å². The van der Waals surface area contributed by atoms with Crippen molar-refractivity contribution in [2.24, 2.45) is 0 Å². The molecule has 0 bridgehead atoms. The van der Waals surface area contributed by atoms with E-state index >= 15 is 0 Å². The average Bonchev–Trinajstić information content (AvgIpc) is 3.31. The Labute approximate surface area is 183 Å². The second-order valence-corrected chi connectivity index (χ2v) is 8.35. The van der Waals surface area contributed by atoms with Crippen LogP contribution < -0.4 is 10.7 Å². The summed E-state index contributed by atoms with van der Waals surface area (Å²) in [5.74, 6) is -2.21. The third-order valence-corrected chi connectivity index (χ3v) is 6.13. The van der Waals surface area contributed by atoms with Crippen LogP contribution in [0.2, 0.25) is 5.02 Å². The molecule has 31 heavy (non-hydrogen) atoms. The summed E-state index contributed by atoms with van der Waals surface area (Å²) >= 11 is 7.00. The van der Waals surface area contributed by atoms with Crippen LogP contribution in [0.15, 0.2) is 47.4 Å². The highest BCUT2D eigenvalue weighted by Crippen LogP contribution is 2.36. The highest BCUT2D eigenvalue weighted by Gasteiger charge is 2.37. The van der Waals surface area contributed by atoms with Crippen LogP contribution in [0.3, 0.4) is 0 Å². The maximum atomic E-state index is 12.9. The Morgan fingerprint density at radius 2 is 1.97 bits per heavy atom. The third kappa shape index (κ3) is 4.48. The fourth-order valence-electron chi connectivity index (χ4n) is 3.35. The van der Waals surface area contributed by atoms with E-state index in [-0.39, 0.29) is 22.3 Å². The number of benzene rings is 1. The number of aliphatic carboxylic acids is 1. The number of pyridine rings is 1. The van der Waals surface area contributed by atoms with Crippen molar-refractivity contribution in [2.45, 2.75) is 25.1 Å². The molecule has 0 saturated heterocycles. The molecular weight excluding hydrogens is 457 g/mol. The summed E-state index contributed by atoms with van der Waals surface area (Å²) in [5.41, 5.74) is 3.20. The van der Waals surface area contributed by atoms with E-state index in [1.54, 1.807) is 10.5 Å². The Morgan fingerprint density at radius 3 is 2.68 bits per heavy atom. The molecule has 1 amide bonds. The Hall–Kier alpha value is -2.76. The number of carboxylic acid groups (broad SMARTS) is 1.